The van der Waals surface area contributed by atoms with Gasteiger partial charge < -0.3 is 9.47 Å². The third-order valence-corrected chi connectivity index (χ3v) is 4.85. The summed E-state index contributed by atoms with van der Waals surface area (Å²) >= 11 is 4.89. The molecule has 2 rings (SSSR count). The first-order chi connectivity index (χ1) is 14.7. The zero-order valence-electron chi connectivity index (χ0n) is 18.1. The first-order valence-electron chi connectivity index (χ1n) is 11.1. The van der Waals surface area contributed by atoms with E-state index in [4.69, 9.17) is 21.7 Å². The van der Waals surface area contributed by atoms with Crippen LogP contribution in [0.4, 0.5) is 11.4 Å². The Labute approximate surface area is 186 Å². The monoisotopic (exact) mass is 426 g/mol. The Morgan fingerprint density at radius 3 is 1.73 bits per heavy atom. The van der Waals surface area contributed by atoms with Crippen LogP contribution < -0.4 is 4.74 Å². The quantitative estimate of drug-likeness (QED) is 0.163. The normalized spacial score (nSPS) is 11.0. The van der Waals surface area contributed by atoms with E-state index in [1.54, 1.807) is 0 Å². The Balaban J connectivity index is 1.44. The minimum atomic E-state index is 0.654. The molecule has 162 valence electrons. The number of hydrogen-bond donors (Lipinski definition) is 0. The van der Waals surface area contributed by atoms with Gasteiger partial charge in [0.05, 0.1) is 24.6 Å². The van der Waals surface area contributed by atoms with Crippen LogP contribution in [0, 0.1) is 0 Å². The molecule has 0 saturated carbocycles. The largest absolute Gasteiger partial charge is 0.494 e. The highest BCUT2D eigenvalue weighted by atomic mass is 32.1. The van der Waals surface area contributed by atoms with Gasteiger partial charge in [0.15, 0.2) is 5.05 Å². The van der Waals surface area contributed by atoms with Gasteiger partial charge in [-0.05, 0) is 61.5 Å². The lowest BCUT2D eigenvalue weighted by Crippen LogP contribution is -1.98. The van der Waals surface area contributed by atoms with Gasteiger partial charge in [-0.25, -0.2) is 0 Å². The molecule has 0 N–H and O–H groups in total. The van der Waals surface area contributed by atoms with Gasteiger partial charge in [-0.15, -0.1) is 0 Å². The number of unbranched alkanes of at least 4 members (excludes halogenated alkanes) is 8. The number of rotatable bonds is 15. The van der Waals surface area contributed by atoms with Crippen molar-refractivity contribution in [1.82, 2.24) is 0 Å². The Bertz CT molecular complexity index is 733. The molecule has 2 aromatic rings. The lowest BCUT2D eigenvalue weighted by Gasteiger charge is -2.06. The summed E-state index contributed by atoms with van der Waals surface area (Å²) in [5.74, 6) is 0.890. The molecule has 2 aromatic carbocycles. The van der Waals surface area contributed by atoms with E-state index >= 15 is 0 Å². The number of nitrogens with zero attached hydrogens (tertiary/aromatic N) is 2. The van der Waals surface area contributed by atoms with Crippen molar-refractivity contribution < 1.29 is 9.47 Å². The van der Waals surface area contributed by atoms with E-state index < -0.39 is 0 Å². The zero-order chi connectivity index (χ0) is 21.3. The third kappa shape index (κ3) is 11.7. The summed E-state index contributed by atoms with van der Waals surface area (Å²) in [5, 5.41) is 9.12. The number of ether oxygens (including phenoxy) is 2. The van der Waals surface area contributed by atoms with Crippen molar-refractivity contribution in [2.45, 2.75) is 64.7 Å². The predicted octanol–water partition coefficient (Wildman–Crippen LogP) is 8.36. The maximum absolute atomic E-state index is 5.83. The molecule has 5 heteroatoms. The Kier molecular flexibility index (Phi) is 12.4. The molecular weight excluding hydrogens is 392 g/mol. The molecule has 0 aliphatic rings. The maximum Gasteiger partial charge on any atom is 0.156 e. The molecule has 0 unspecified atom stereocenters. The molecule has 0 atom stereocenters. The Hall–Kier alpha value is -2.27. The molecule has 0 amide bonds. The number of hydrogen-bond acceptors (Lipinski definition) is 5. The minimum absolute atomic E-state index is 0.654. The SMILES string of the molecule is CC(=S)OCCCCCCCCCCCOc1ccc(N=Nc2ccccc2)cc1. The molecule has 0 aliphatic heterocycles. The number of azo groups is 1. The summed E-state index contributed by atoms with van der Waals surface area (Å²) in [6.45, 7) is 3.37. The van der Waals surface area contributed by atoms with E-state index in [1.165, 1.54) is 44.9 Å². The molecule has 0 saturated heterocycles. The van der Waals surface area contributed by atoms with Gasteiger partial charge in [0.1, 0.15) is 5.75 Å². The average molecular weight is 427 g/mol. The van der Waals surface area contributed by atoms with Crippen molar-refractivity contribution in [2.24, 2.45) is 10.2 Å². The molecule has 30 heavy (non-hydrogen) atoms. The number of benzene rings is 2. The maximum atomic E-state index is 5.83. The molecule has 0 fully saturated rings. The average Bonchev–Trinajstić information content (AvgIpc) is 2.77. The highest BCUT2D eigenvalue weighted by molar-refractivity contribution is 7.80. The lowest BCUT2D eigenvalue weighted by molar-refractivity contribution is 0.297. The molecular formula is C25H34N2O2S. The Morgan fingerprint density at radius 1 is 0.667 bits per heavy atom. The minimum Gasteiger partial charge on any atom is -0.494 e. The van der Waals surface area contributed by atoms with E-state index in [0.29, 0.717) is 5.05 Å². The van der Waals surface area contributed by atoms with E-state index in [1.807, 2.05) is 61.5 Å². The van der Waals surface area contributed by atoms with E-state index in [9.17, 15) is 0 Å². The molecule has 0 aliphatic carbocycles. The molecule has 0 heterocycles. The smallest absolute Gasteiger partial charge is 0.156 e. The summed E-state index contributed by atoms with van der Waals surface area (Å²) in [7, 11) is 0. The van der Waals surface area contributed by atoms with Crippen molar-refractivity contribution >= 4 is 28.6 Å². The van der Waals surface area contributed by atoms with Crippen LogP contribution in [0.2, 0.25) is 0 Å². The molecule has 4 nitrogen and oxygen atoms in total. The second-order valence-electron chi connectivity index (χ2n) is 7.40. The first kappa shape index (κ1) is 24.0. The van der Waals surface area contributed by atoms with Crippen LogP contribution in [0.5, 0.6) is 5.75 Å². The van der Waals surface area contributed by atoms with Crippen molar-refractivity contribution in [2.75, 3.05) is 13.2 Å². The van der Waals surface area contributed by atoms with Gasteiger partial charge in [-0.1, -0.05) is 63.1 Å². The van der Waals surface area contributed by atoms with Crippen molar-refractivity contribution in [3.63, 3.8) is 0 Å². The highest BCUT2D eigenvalue weighted by Gasteiger charge is 1.97. The van der Waals surface area contributed by atoms with Crippen LogP contribution in [-0.2, 0) is 4.74 Å². The van der Waals surface area contributed by atoms with Gasteiger partial charge >= 0.3 is 0 Å². The van der Waals surface area contributed by atoms with Gasteiger partial charge in [-0.2, -0.15) is 10.2 Å². The van der Waals surface area contributed by atoms with Gasteiger partial charge in [-0.3, -0.25) is 0 Å². The number of thiocarbonyl (C=S) groups is 1. The third-order valence-electron chi connectivity index (χ3n) is 4.74. The molecule has 0 bridgehead atoms. The van der Waals surface area contributed by atoms with Crippen LogP contribution in [0.25, 0.3) is 0 Å². The van der Waals surface area contributed by atoms with Crippen molar-refractivity contribution in [3.8, 4) is 5.75 Å². The van der Waals surface area contributed by atoms with E-state index in [-0.39, 0.29) is 0 Å². The van der Waals surface area contributed by atoms with Crippen LogP contribution in [-0.4, -0.2) is 18.3 Å². The first-order valence-corrected chi connectivity index (χ1v) is 11.5. The molecule has 0 aromatic heterocycles. The predicted molar refractivity (Wildman–Crippen MR) is 128 cm³/mol. The second kappa shape index (κ2) is 15.6. The fourth-order valence-corrected chi connectivity index (χ4v) is 3.15. The topological polar surface area (TPSA) is 43.2 Å². The zero-order valence-corrected chi connectivity index (χ0v) is 18.9. The summed E-state index contributed by atoms with van der Waals surface area (Å²) < 4.78 is 11.1. The fourth-order valence-electron chi connectivity index (χ4n) is 3.07. The van der Waals surface area contributed by atoms with Crippen LogP contribution >= 0.6 is 12.2 Å². The van der Waals surface area contributed by atoms with Crippen LogP contribution in [0.1, 0.15) is 64.7 Å². The summed E-state index contributed by atoms with van der Waals surface area (Å²) in [6.07, 6.45) is 11.2. The summed E-state index contributed by atoms with van der Waals surface area (Å²) in [5.41, 5.74) is 1.68. The van der Waals surface area contributed by atoms with Gasteiger partial charge in [0.25, 0.3) is 0 Å². The molecule has 0 radical (unpaired) electrons. The lowest BCUT2D eigenvalue weighted by atomic mass is 10.1. The highest BCUT2D eigenvalue weighted by Crippen LogP contribution is 2.21. The summed E-state index contributed by atoms with van der Waals surface area (Å²) in [4.78, 5) is 0. The van der Waals surface area contributed by atoms with E-state index in [0.717, 1.165) is 43.2 Å². The van der Waals surface area contributed by atoms with E-state index in [2.05, 4.69) is 10.2 Å². The van der Waals surface area contributed by atoms with Crippen molar-refractivity contribution in [3.05, 3.63) is 54.6 Å². The van der Waals surface area contributed by atoms with Gasteiger partial charge in [0, 0.05) is 6.92 Å². The standard InChI is InChI=1S/C25H34N2O2S/c1-22(30)28-20-12-7-5-3-2-4-6-8-13-21-29-25-18-16-24(17-19-25)27-26-23-14-10-9-11-15-23/h9-11,14-19H,2-8,12-13,20-21H2,1H3. The Morgan fingerprint density at radius 2 is 1.17 bits per heavy atom. The van der Waals surface area contributed by atoms with Crippen LogP contribution in [0.15, 0.2) is 64.8 Å². The summed E-state index contributed by atoms with van der Waals surface area (Å²) in [6, 6.07) is 17.5. The fraction of sp³-hybridized carbons (Fsp3) is 0.480. The second-order valence-corrected chi connectivity index (χ2v) is 7.97. The molecule has 0 spiro atoms. The van der Waals surface area contributed by atoms with Gasteiger partial charge in [0.2, 0.25) is 0 Å². The van der Waals surface area contributed by atoms with Crippen LogP contribution in [0.3, 0.4) is 0 Å². The van der Waals surface area contributed by atoms with Crippen molar-refractivity contribution in [1.29, 1.82) is 0 Å².